The minimum Gasteiger partial charge on any atom is -0.438 e. The predicted octanol–water partition coefficient (Wildman–Crippen LogP) is 3.70. The van der Waals surface area contributed by atoms with Gasteiger partial charge in [-0.15, -0.1) is 11.6 Å². The number of ether oxygens (including phenoxy) is 1. The number of rotatable bonds is 7. The Morgan fingerprint density at radius 3 is 1.80 bits per heavy atom. The van der Waals surface area contributed by atoms with Crippen LogP contribution in [-0.4, -0.2) is 36.1 Å². The summed E-state index contributed by atoms with van der Waals surface area (Å²) in [4.78, 5) is 11.0. The maximum absolute atomic E-state index is 13.0. The van der Waals surface area contributed by atoms with Gasteiger partial charge in [-0.3, -0.25) is 9.36 Å². The number of esters is 1. The molecule has 5 nitrogen and oxygen atoms in total. The van der Waals surface area contributed by atoms with Gasteiger partial charge in [0.05, 0.1) is 12.2 Å². The topological polar surface area (TPSA) is 61.8 Å². The smallest absolute Gasteiger partial charge is 0.437 e. The molecule has 1 atom stereocenters. The molecule has 0 fully saturated rings. The summed E-state index contributed by atoms with van der Waals surface area (Å²) >= 11 is 5.09. The maximum atomic E-state index is 13.0. The number of halogens is 4. The monoisotopic (exact) mass is 340 g/mol. The summed E-state index contributed by atoms with van der Waals surface area (Å²) in [5.74, 6) is -5.18. The average Bonchev–Trinajstić information content (AvgIpc) is 2.21. The second-order valence-electron chi connectivity index (χ2n) is 4.37. The van der Waals surface area contributed by atoms with E-state index in [4.69, 9.17) is 20.6 Å². The lowest BCUT2D eigenvalue weighted by molar-refractivity contribution is -0.203. The Morgan fingerprint density at radius 1 is 1.15 bits per heavy atom. The normalized spacial score (nSPS) is 14.7. The van der Waals surface area contributed by atoms with Crippen molar-refractivity contribution in [3.8, 4) is 0 Å². The summed E-state index contributed by atoms with van der Waals surface area (Å²) in [6.45, 7) is 5.53. The van der Waals surface area contributed by atoms with Gasteiger partial charge in [-0.1, -0.05) is 0 Å². The first kappa shape index (κ1) is 19.7. The fourth-order valence-corrected chi connectivity index (χ4v) is 3.30. The molecule has 0 amide bonds. The van der Waals surface area contributed by atoms with Crippen molar-refractivity contribution in [1.82, 2.24) is 0 Å². The maximum Gasteiger partial charge on any atom is 0.437 e. The van der Waals surface area contributed by atoms with E-state index in [0.29, 0.717) is 0 Å². The van der Waals surface area contributed by atoms with Gasteiger partial charge in [0.2, 0.25) is 0 Å². The Balaban J connectivity index is 5.51. The third-order valence-corrected chi connectivity index (χ3v) is 4.26. The standard InChI is InChI=1S/C10H17ClF3O5P/c1-6(2)18-20(16,19-7(3)4)9(10(12,13)14)17-8(15)5-11/h6-7,9H,5H2,1-4H3. The zero-order valence-electron chi connectivity index (χ0n) is 11.4. The van der Waals surface area contributed by atoms with Crippen molar-refractivity contribution in [1.29, 1.82) is 0 Å². The van der Waals surface area contributed by atoms with Gasteiger partial charge in [-0.05, 0) is 27.7 Å². The zero-order chi connectivity index (χ0) is 16.1. The second-order valence-corrected chi connectivity index (χ2v) is 6.60. The lowest BCUT2D eigenvalue weighted by Gasteiger charge is -2.30. The molecule has 0 aliphatic carbocycles. The van der Waals surface area contributed by atoms with E-state index in [1.807, 2.05) is 0 Å². The molecule has 0 aromatic heterocycles. The molecular formula is C10H17ClF3O5P. The summed E-state index contributed by atoms with van der Waals surface area (Å²) in [6, 6.07) is 0. The summed E-state index contributed by atoms with van der Waals surface area (Å²) in [6.07, 6.45) is -6.75. The lowest BCUT2D eigenvalue weighted by atomic mass is 10.5. The van der Waals surface area contributed by atoms with Crippen LogP contribution in [0.25, 0.3) is 0 Å². The second kappa shape index (κ2) is 7.64. The van der Waals surface area contributed by atoms with E-state index in [1.54, 1.807) is 0 Å². The Hall–Kier alpha value is -0.300. The van der Waals surface area contributed by atoms with Gasteiger partial charge in [-0.2, -0.15) is 13.2 Å². The van der Waals surface area contributed by atoms with E-state index in [9.17, 15) is 22.5 Å². The number of hydrogen-bond acceptors (Lipinski definition) is 5. The molecule has 0 aromatic carbocycles. The highest BCUT2D eigenvalue weighted by Gasteiger charge is 2.57. The Bertz CT molecular complexity index is 358. The largest absolute Gasteiger partial charge is 0.438 e. The van der Waals surface area contributed by atoms with Crippen molar-refractivity contribution in [3.63, 3.8) is 0 Å². The van der Waals surface area contributed by atoms with E-state index in [-0.39, 0.29) is 0 Å². The molecule has 0 aromatic rings. The van der Waals surface area contributed by atoms with E-state index < -0.39 is 43.7 Å². The van der Waals surface area contributed by atoms with Gasteiger partial charge in [-0.25, -0.2) is 0 Å². The molecule has 1 unspecified atom stereocenters. The van der Waals surface area contributed by atoms with Crippen molar-refractivity contribution in [2.75, 3.05) is 5.88 Å². The highest BCUT2D eigenvalue weighted by atomic mass is 35.5. The first-order chi connectivity index (χ1) is 8.92. The molecule has 0 saturated carbocycles. The van der Waals surface area contributed by atoms with Crippen molar-refractivity contribution >= 4 is 25.2 Å². The molecule has 0 spiro atoms. The minimum atomic E-state index is -5.11. The molecule has 0 aliphatic rings. The Labute approximate surface area is 120 Å². The van der Waals surface area contributed by atoms with Crippen LogP contribution in [0.1, 0.15) is 27.7 Å². The molecule has 0 rings (SSSR count). The fourth-order valence-electron chi connectivity index (χ4n) is 1.19. The summed E-state index contributed by atoms with van der Waals surface area (Å²) < 4.78 is 64.9. The van der Waals surface area contributed by atoms with Gasteiger partial charge >= 0.3 is 19.7 Å². The quantitative estimate of drug-likeness (QED) is 0.402. The number of alkyl halides is 4. The lowest BCUT2D eigenvalue weighted by Crippen LogP contribution is -2.36. The van der Waals surface area contributed by atoms with Crippen molar-refractivity contribution < 1.29 is 36.3 Å². The van der Waals surface area contributed by atoms with E-state index >= 15 is 0 Å². The van der Waals surface area contributed by atoms with Crippen molar-refractivity contribution in [3.05, 3.63) is 0 Å². The highest BCUT2D eigenvalue weighted by molar-refractivity contribution is 7.54. The van der Waals surface area contributed by atoms with Crippen molar-refractivity contribution in [2.45, 2.75) is 51.9 Å². The third-order valence-electron chi connectivity index (χ3n) is 1.63. The number of carbonyl (C=O) groups excluding carboxylic acids is 1. The van der Waals surface area contributed by atoms with Crippen LogP contribution in [0.3, 0.4) is 0 Å². The zero-order valence-corrected chi connectivity index (χ0v) is 13.1. The predicted molar refractivity (Wildman–Crippen MR) is 66.7 cm³/mol. The summed E-state index contributed by atoms with van der Waals surface area (Å²) in [5, 5.41) is 0. The molecule has 20 heavy (non-hydrogen) atoms. The van der Waals surface area contributed by atoms with Crippen molar-refractivity contribution in [2.24, 2.45) is 0 Å². The van der Waals surface area contributed by atoms with Crippen LogP contribution < -0.4 is 0 Å². The first-order valence-electron chi connectivity index (χ1n) is 5.71. The molecule has 0 saturated heterocycles. The molecule has 0 radical (unpaired) electrons. The van der Waals surface area contributed by atoms with E-state index in [1.165, 1.54) is 27.7 Å². The van der Waals surface area contributed by atoms with Gasteiger partial charge in [0.25, 0.3) is 5.85 Å². The molecule has 0 bridgehead atoms. The SMILES string of the molecule is CC(C)OP(=O)(OC(C)C)C(OC(=O)CCl)C(F)(F)F. The summed E-state index contributed by atoms with van der Waals surface area (Å²) in [5.41, 5.74) is 0. The molecule has 0 aliphatic heterocycles. The van der Waals surface area contributed by atoms with Gasteiger partial charge in [0.15, 0.2) is 0 Å². The highest BCUT2D eigenvalue weighted by Crippen LogP contribution is 2.60. The molecule has 120 valence electrons. The van der Waals surface area contributed by atoms with Crippen LogP contribution in [0.4, 0.5) is 13.2 Å². The molecule has 0 heterocycles. The Kier molecular flexibility index (Phi) is 7.52. The molecular weight excluding hydrogens is 324 g/mol. The van der Waals surface area contributed by atoms with Crippen LogP contribution in [0.15, 0.2) is 0 Å². The van der Waals surface area contributed by atoms with Crippen LogP contribution in [0.5, 0.6) is 0 Å². The first-order valence-corrected chi connectivity index (χ1v) is 7.85. The Morgan fingerprint density at radius 2 is 1.55 bits per heavy atom. The van der Waals surface area contributed by atoms with Crippen LogP contribution >= 0.6 is 19.2 Å². The van der Waals surface area contributed by atoms with Crippen LogP contribution in [0.2, 0.25) is 0 Å². The number of carbonyl (C=O) groups is 1. The minimum absolute atomic E-state index is 0.810. The van der Waals surface area contributed by atoms with Gasteiger partial charge in [0.1, 0.15) is 5.88 Å². The van der Waals surface area contributed by atoms with Gasteiger partial charge < -0.3 is 13.8 Å². The fraction of sp³-hybridized carbons (Fsp3) is 0.900. The average molecular weight is 341 g/mol. The molecule has 0 N–H and O–H groups in total. The molecule has 10 heteroatoms. The van der Waals surface area contributed by atoms with Crippen LogP contribution in [-0.2, 0) is 23.1 Å². The van der Waals surface area contributed by atoms with E-state index in [0.717, 1.165) is 0 Å². The van der Waals surface area contributed by atoms with E-state index in [2.05, 4.69) is 4.74 Å². The van der Waals surface area contributed by atoms with Crippen LogP contribution in [0, 0.1) is 0 Å². The number of hydrogen-bond donors (Lipinski definition) is 0. The summed E-state index contributed by atoms with van der Waals surface area (Å²) in [7, 11) is -4.76. The third kappa shape index (κ3) is 6.43. The van der Waals surface area contributed by atoms with Gasteiger partial charge in [0, 0.05) is 0 Å².